The van der Waals surface area contributed by atoms with Crippen molar-refractivity contribution in [2.75, 3.05) is 13.2 Å². The molecule has 5 heteroatoms. The second kappa shape index (κ2) is 5.20. The summed E-state index contributed by atoms with van der Waals surface area (Å²) in [5.41, 5.74) is 0.762. The smallest absolute Gasteiger partial charge is 0.163 e. The standard InChI is InChI=1S/C15H16ClNO3/c1-15(2)19-9-11(20-15)8-18-12-5-3-4-10-6-7-13(16)17-14(10)12/h3-7,11H,8-9H2,1-2H3. The summed E-state index contributed by atoms with van der Waals surface area (Å²) in [7, 11) is 0. The van der Waals surface area contributed by atoms with Gasteiger partial charge in [0.05, 0.1) is 6.61 Å². The van der Waals surface area contributed by atoms with Gasteiger partial charge < -0.3 is 14.2 Å². The molecule has 1 unspecified atom stereocenters. The molecule has 106 valence electrons. The average Bonchev–Trinajstić information content (AvgIpc) is 2.76. The van der Waals surface area contributed by atoms with Gasteiger partial charge in [0.2, 0.25) is 0 Å². The highest BCUT2D eigenvalue weighted by Gasteiger charge is 2.33. The molecule has 1 atom stereocenters. The summed E-state index contributed by atoms with van der Waals surface area (Å²) in [6, 6.07) is 9.49. The first-order valence-corrected chi connectivity index (χ1v) is 6.91. The summed E-state index contributed by atoms with van der Waals surface area (Å²) in [6.07, 6.45) is -0.0700. The van der Waals surface area contributed by atoms with E-state index in [2.05, 4.69) is 4.98 Å². The third-order valence-corrected chi connectivity index (χ3v) is 3.35. The molecule has 1 fully saturated rings. The predicted molar refractivity (Wildman–Crippen MR) is 77.2 cm³/mol. The zero-order valence-corrected chi connectivity index (χ0v) is 12.2. The summed E-state index contributed by atoms with van der Waals surface area (Å²) >= 11 is 5.94. The zero-order chi connectivity index (χ0) is 14.2. The van der Waals surface area contributed by atoms with Crippen molar-refractivity contribution in [3.8, 4) is 5.75 Å². The SMILES string of the molecule is CC1(C)OCC(COc2cccc3ccc(Cl)nc23)O1. The van der Waals surface area contributed by atoms with Gasteiger partial charge >= 0.3 is 0 Å². The Morgan fingerprint density at radius 2 is 2.20 bits per heavy atom. The molecule has 1 saturated heterocycles. The maximum atomic E-state index is 5.94. The number of hydrogen-bond donors (Lipinski definition) is 0. The van der Waals surface area contributed by atoms with Crippen molar-refractivity contribution in [3.63, 3.8) is 0 Å². The summed E-state index contributed by atoms with van der Waals surface area (Å²) in [4.78, 5) is 4.32. The molecule has 2 aromatic rings. The van der Waals surface area contributed by atoms with E-state index in [0.29, 0.717) is 24.1 Å². The Bertz CT molecular complexity index is 630. The minimum absolute atomic E-state index is 0.0700. The Balaban J connectivity index is 1.76. The average molecular weight is 294 g/mol. The van der Waals surface area contributed by atoms with Crippen LogP contribution in [0.25, 0.3) is 10.9 Å². The molecule has 3 rings (SSSR count). The Kier molecular flexibility index (Phi) is 3.54. The number of nitrogens with zero attached hydrogens (tertiary/aromatic N) is 1. The van der Waals surface area contributed by atoms with Crippen molar-refractivity contribution in [1.29, 1.82) is 0 Å². The van der Waals surface area contributed by atoms with E-state index in [1.807, 2.05) is 38.1 Å². The molecular formula is C15H16ClNO3. The van der Waals surface area contributed by atoms with Gasteiger partial charge in [-0.25, -0.2) is 4.98 Å². The van der Waals surface area contributed by atoms with Crippen LogP contribution in [0.15, 0.2) is 30.3 Å². The number of para-hydroxylation sites is 1. The highest BCUT2D eigenvalue weighted by atomic mass is 35.5. The number of benzene rings is 1. The van der Waals surface area contributed by atoms with Gasteiger partial charge in [-0.3, -0.25) is 0 Å². The van der Waals surface area contributed by atoms with Crippen molar-refractivity contribution in [3.05, 3.63) is 35.5 Å². The lowest BCUT2D eigenvalue weighted by Gasteiger charge is -2.17. The fourth-order valence-electron chi connectivity index (χ4n) is 2.24. The molecule has 0 N–H and O–H groups in total. The van der Waals surface area contributed by atoms with Crippen LogP contribution >= 0.6 is 11.6 Å². The molecule has 0 aliphatic carbocycles. The van der Waals surface area contributed by atoms with Crippen molar-refractivity contribution >= 4 is 22.5 Å². The molecule has 1 aromatic carbocycles. The fraction of sp³-hybridized carbons (Fsp3) is 0.400. The van der Waals surface area contributed by atoms with E-state index in [1.54, 1.807) is 6.07 Å². The topological polar surface area (TPSA) is 40.6 Å². The molecule has 0 amide bonds. The molecule has 1 aliphatic heterocycles. The van der Waals surface area contributed by atoms with Crippen LogP contribution < -0.4 is 4.74 Å². The van der Waals surface area contributed by atoms with E-state index in [1.165, 1.54) is 0 Å². The van der Waals surface area contributed by atoms with Crippen LogP contribution in [0.3, 0.4) is 0 Å². The van der Waals surface area contributed by atoms with E-state index in [0.717, 1.165) is 10.9 Å². The molecule has 20 heavy (non-hydrogen) atoms. The fourth-order valence-corrected chi connectivity index (χ4v) is 2.39. The van der Waals surface area contributed by atoms with E-state index < -0.39 is 5.79 Å². The van der Waals surface area contributed by atoms with Gasteiger partial charge in [0, 0.05) is 5.39 Å². The first-order chi connectivity index (χ1) is 9.53. The maximum absolute atomic E-state index is 5.94. The van der Waals surface area contributed by atoms with Crippen LogP contribution in [0.4, 0.5) is 0 Å². The largest absolute Gasteiger partial charge is 0.488 e. The molecule has 1 aromatic heterocycles. The number of aromatic nitrogens is 1. The number of hydrogen-bond acceptors (Lipinski definition) is 4. The van der Waals surface area contributed by atoms with Crippen LogP contribution in [0, 0.1) is 0 Å². The number of fused-ring (bicyclic) bond motifs is 1. The van der Waals surface area contributed by atoms with Crippen molar-refractivity contribution < 1.29 is 14.2 Å². The van der Waals surface area contributed by atoms with Crippen molar-refractivity contribution in [1.82, 2.24) is 4.98 Å². The van der Waals surface area contributed by atoms with Gasteiger partial charge in [-0.1, -0.05) is 23.7 Å². The Labute approximate surface area is 122 Å². The number of halogens is 1. The molecule has 2 heterocycles. The second-order valence-electron chi connectivity index (χ2n) is 5.22. The minimum atomic E-state index is -0.533. The normalized spacial score (nSPS) is 21.2. The number of ether oxygens (including phenoxy) is 3. The minimum Gasteiger partial charge on any atom is -0.488 e. The lowest BCUT2D eigenvalue weighted by atomic mass is 10.2. The van der Waals surface area contributed by atoms with Crippen LogP contribution in [0.5, 0.6) is 5.75 Å². The highest BCUT2D eigenvalue weighted by molar-refractivity contribution is 6.29. The monoisotopic (exact) mass is 293 g/mol. The first-order valence-electron chi connectivity index (χ1n) is 6.53. The Hall–Kier alpha value is -1.36. The first kappa shape index (κ1) is 13.6. The van der Waals surface area contributed by atoms with Gasteiger partial charge in [-0.2, -0.15) is 0 Å². The van der Waals surface area contributed by atoms with E-state index in [-0.39, 0.29) is 6.10 Å². The molecular weight excluding hydrogens is 278 g/mol. The van der Waals surface area contributed by atoms with E-state index in [4.69, 9.17) is 25.8 Å². The molecule has 0 radical (unpaired) electrons. The lowest BCUT2D eigenvalue weighted by Crippen LogP contribution is -2.25. The third kappa shape index (κ3) is 2.87. The van der Waals surface area contributed by atoms with Gasteiger partial charge in [-0.05, 0) is 32.0 Å². The van der Waals surface area contributed by atoms with Crippen molar-refractivity contribution in [2.45, 2.75) is 25.7 Å². The predicted octanol–water partition coefficient (Wildman–Crippen LogP) is 3.42. The Morgan fingerprint density at radius 3 is 2.95 bits per heavy atom. The zero-order valence-electron chi connectivity index (χ0n) is 11.4. The highest BCUT2D eigenvalue weighted by Crippen LogP contribution is 2.27. The summed E-state index contributed by atoms with van der Waals surface area (Å²) < 4.78 is 17.0. The van der Waals surface area contributed by atoms with Gasteiger partial charge in [0.15, 0.2) is 5.79 Å². The molecule has 0 spiro atoms. The van der Waals surface area contributed by atoms with Gasteiger partial charge in [0.1, 0.15) is 29.1 Å². The van der Waals surface area contributed by atoms with E-state index in [9.17, 15) is 0 Å². The molecule has 1 aliphatic rings. The second-order valence-corrected chi connectivity index (χ2v) is 5.61. The number of pyridine rings is 1. The van der Waals surface area contributed by atoms with E-state index >= 15 is 0 Å². The van der Waals surface area contributed by atoms with Crippen LogP contribution in [-0.2, 0) is 9.47 Å². The molecule has 4 nitrogen and oxygen atoms in total. The maximum Gasteiger partial charge on any atom is 0.163 e. The van der Waals surface area contributed by atoms with Gasteiger partial charge in [-0.15, -0.1) is 0 Å². The molecule has 0 bridgehead atoms. The van der Waals surface area contributed by atoms with Crippen LogP contribution in [0.1, 0.15) is 13.8 Å². The third-order valence-electron chi connectivity index (χ3n) is 3.14. The summed E-state index contributed by atoms with van der Waals surface area (Å²) in [6.45, 7) is 4.75. The quantitative estimate of drug-likeness (QED) is 0.813. The van der Waals surface area contributed by atoms with Crippen LogP contribution in [-0.4, -0.2) is 30.1 Å². The van der Waals surface area contributed by atoms with Gasteiger partial charge in [0.25, 0.3) is 0 Å². The summed E-state index contributed by atoms with van der Waals surface area (Å²) in [5, 5.41) is 1.45. The van der Waals surface area contributed by atoms with Crippen LogP contribution in [0.2, 0.25) is 5.15 Å². The Morgan fingerprint density at radius 1 is 1.35 bits per heavy atom. The summed E-state index contributed by atoms with van der Waals surface area (Å²) in [5.74, 6) is 0.173. The lowest BCUT2D eigenvalue weighted by molar-refractivity contribution is -0.141. The number of rotatable bonds is 3. The van der Waals surface area contributed by atoms with Crippen molar-refractivity contribution in [2.24, 2.45) is 0 Å². The molecule has 0 saturated carbocycles.